The largest absolute Gasteiger partial charge is 0.329 e. The Bertz CT molecular complexity index is 949. The molecule has 3 aromatic rings. The molecule has 0 saturated carbocycles. The molecule has 3 rings (SSSR count). The fourth-order valence-corrected chi connectivity index (χ4v) is 2.97. The number of nitrogens with one attached hydrogen (secondary N) is 1. The Balaban J connectivity index is 1.95. The van der Waals surface area contributed by atoms with Crippen LogP contribution in [0.15, 0.2) is 66.9 Å². The standard InChI is InChI=1S/C23H25N3O/c1-17-20(15-16-24-22(27)19-13-9-6-10-14-19)21(18-11-7-5-8-12-18)26(25-17)23(2,3)4/h5-16H,1-4H3,(H,24,27)/b16-15+. The zero-order chi connectivity index (χ0) is 19.4. The summed E-state index contributed by atoms with van der Waals surface area (Å²) in [6.07, 6.45) is 3.62. The molecule has 1 heterocycles. The van der Waals surface area contributed by atoms with Crippen LogP contribution in [-0.2, 0) is 5.54 Å². The summed E-state index contributed by atoms with van der Waals surface area (Å²) in [5.41, 5.74) is 4.55. The first-order valence-electron chi connectivity index (χ1n) is 9.06. The highest BCUT2D eigenvalue weighted by Crippen LogP contribution is 2.31. The van der Waals surface area contributed by atoms with Crippen LogP contribution >= 0.6 is 0 Å². The van der Waals surface area contributed by atoms with Crippen LogP contribution in [-0.4, -0.2) is 15.7 Å². The molecule has 2 aromatic carbocycles. The van der Waals surface area contributed by atoms with E-state index in [0.717, 1.165) is 22.5 Å². The lowest BCUT2D eigenvalue weighted by molar-refractivity contribution is 0.0970. The van der Waals surface area contributed by atoms with Crippen molar-refractivity contribution >= 4 is 12.0 Å². The fraction of sp³-hybridized carbons (Fsp3) is 0.217. The molecule has 0 bridgehead atoms. The van der Waals surface area contributed by atoms with Gasteiger partial charge in [-0.25, -0.2) is 0 Å². The Hall–Kier alpha value is -3.14. The molecule has 138 valence electrons. The molecule has 0 radical (unpaired) electrons. The number of hydrogen-bond donors (Lipinski definition) is 1. The summed E-state index contributed by atoms with van der Waals surface area (Å²) in [4.78, 5) is 12.3. The van der Waals surface area contributed by atoms with Crippen LogP contribution in [0.2, 0.25) is 0 Å². The Kier molecular flexibility index (Phi) is 5.26. The maximum absolute atomic E-state index is 12.3. The van der Waals surface area contributed by atoms with Crippen molar-refractivity contribution in [2.45, 2.75) is 33.2 Å². The van der Waals surface area contributed by atoms with Crippen LogP contribution in [0, 0.1) is 6.92 Å². The van der Waals surface area contributed by atoms with Gasteiger partial charge < -0.3 is 5.32 Å². The van der Waals surface area contributed by atoms with Gasteiger partial charge in [0, 0.05) is 22.9 Å². The van der Waals surface area contributed by atoms with Gasteiger partial charge in [0.2, 0.25) is 0 Å². The van der Waals surface area contributed by atoms with Crippen molar-refractivity contribution < 1.29 is 4.79 Å². The summed E-state index contributed by atoms with van der Waals surface area (Å²) >= 11 is 0. The highest BCUT2D eigenvalue weighted by atomic mass is 16.1. The van der Waals surface area contributed by atoms with E-state index in [4.69, 9.17) is 5.10 Å². The zero-order valence-electron chi connectivity index (χ0n) is 16.2. The monoisotopic (exact) mass is 359 g/mol. The number of carbonyl (C=O) groups excluding carboxylic acids is 1. The van der Waals surface area contributed by atoms with Crippen LogP contribution in [0.3, 0.4) is 0 Å². The first kappa shape index (κ1) is 18.6. The van der Waals surface area contributed by atoms with E-state index in [-0.39, 0.29) is 11.4 Å². The average Bonchev–Trinajstić information content (AvgIpc) is 3.00. The van der Waals surface area contributed by atoms with Gasteiger partial charge in [0.25, 0.3) is 5.91 Å². The molecule has 0 aliphatic heterocycles. The van der Waals surface area contributed by atoms with Gasteiger partial charge in [-0.1, -0.05) is 48.5 Å². The Morgan fingerprint density at radius 3 is 2.19 bits per heavy atom. The molecule has 4 nitrogen and oxygen atoms in total. The summed E-state index contributed by atoms with van der Waals surface area (Å²) in [7, 11) is 0. The van der Waals surface area contributed by atoms with Gasteiger partial charge in [0.05, 0.1) is 16.9 Å². The average molecular weight is 359 g/mol. The minimum atomic E-state index is -0.157. The Morgan fingerprint density at radius 2 is 1.59 bits per heavy atom. The van der Waals surface area contributed by atoms with Crippen LogP contribution in [0.4, 0.5) is 0 Å². The number of amides is 1. The molecule has 1 amide bonds. The van der Waals surface area contributed by atoms with E-state index in [9.17, 15) is 4.79 Å². The first-order valence-corrected chi connectivity index (χ1v) is 9.06. The molecule has 1 N–H and O–H groups in total. The number of aryl methyl sites for hydroxylation is 1. The van der Waals surface area contributed by atoms with Crippen molar-refractivity contribution in [2.24, 2.45) is 0 Å². The molecule has 0 fully saturated rings. The lowest BCUT2D eigenvalue weighted by atomic mass is 10.0. The third-order valence-electron chi connectivity index (χ3n) is 4.29. The van der Waals surface area contributed by atoms with E-state index >= 15 is 0 Å². The topological polar surface area (TPSA) is 46.9 Å². The van der Waals surface area contributed by atoms with Crippen molar-refractivity contribution in [2.75, 3.05) is 0 Å². The molecule has 1 aromatic heterocycles. The second-order valence-electron chi connectivity index (χ2n) is 7.47. The maximum Gasteiger partial charge on any atom is 0.255 e. The first-order chi connectivity index (χ1) is 12.9. The molecular formula is C23H25N3O. The van der Waals surface area contributed by atoms with Gasteiger partial charge in [-0.05, 0) is 45.9 Å². The lowest BCUT2D eigenvalue weighted by Gasteiger charge is -2.23. The van der Waals surface area contributed by atoms with E-state index in [1.165, 1.54) is 0 Å². The van der Waals surface area contributed by atoms with E-state index < -0.39 is 0 Å². The summed E-state index contributed by atoms with van der Waals surface area (Å²) in [6, 6.07) is 19.4. The van der Waals surface area contributed by atoms with Gasteiger partial charge in [-0.3, -0.25) is 9.48 Å². The van der Waals surface area contributed by atoms with E-state index in [1.54, 1.807) is 18.3 Å². The highest BCUT2D eigenvalue weighted by molar-refractivity contribution is 5.95. The van der Waals surface area contributed by atoms with Gasteiger partial charge in [0.15, 0.2) is 0 Å². The maximum atomic E-state index is 12.3. The molecule has 0 saturated heterocycles. The van der Waals surface area contributed by atoms with Crippen molar-refractivity contribution in [3.63, 3.8) is 0 Å². The molecule has 27 heavy (non-hydrogen) atoms. The van der Waals surface area contributed by atoms with Crippen molar-refractivity contribution in [3.8, 4) is 11.3 Å². The minimum absolute atomic E-state index is 0.131. The van der Waals surface area contributed by atoms with Crippen LogP contribution in [0.25, 0.3) is 17.3 Å². The number of aromatic nitrogens is 2. The lowest BCUT2D eigenvalue weighted by Crippen LogP contribution is -2.24. The molecule has 0 aliphatic carbocycles. The number of rotatable bonds is 4. The Morgan fingerprint density at radius 1 is 1.00 bits per heavy atom. The van der Waals surface area contributed by atoms with Crippen molar-refractivity contribution in [3.05, 3.63) is 83.7 Å². The van der Waals surface area contributed by atoms with Crippen molar-refractivity contribution in [1.82, 2.24) is 15.1 Å². The predicted molar refractivity (Wildman–Crippen MR) is 110 cm³/mol. The van der Waals surface area contributed by atoms with Gasteiger partial charge in [-0.2, -0.15) is 5.10 Å². The molecule has 4 heteroatoms. The number of benzene rings is 2. The third kappa shape index (κ3) is 4.17. The van der Waals surface area contributed by atoms with Gasteiger partial charge in [-0.15, -0.1) is 0 Å². The SMILES string of the molecule is Cc1nn(C(C)(C)C)c(-c2ccccc2)c1/C=C/NC(=O)c1ccccc1. The number of nitrogens with zero attached hydrogens (tertiary/aromatic N) is 2. The van der Waals surface area contributed by atoms with Gasteiger partial charge >= 0.3 is 0 Å². The summed E-state index contributed by atoms with van der Waals surface area (Å²) in [5.74, 6) is -0.131. The van der Waals surface area contributed by atoms with Crippen molar-refractivity contribution in [1.29, 1.82) is 0 Å². The summed E-state index contributed by atoms with van der Waals surface area (Å²) in [5, 5.41) is 7.61. The second-order valence-corrected chi connectivity index (χ2v) is 7.47. The quantitative estimate of drug-likeness (QED) is 0.711. The summed E-state index contributed by atoms with van der Waals surface area (Å²) < 4.78 is 2.05. The minimum Gasteiger partial charge on any atom is -0.329 e. The normalized spacial score (nSPS) is 11.7. The van der Waals surface area contributed by atoms with E-state index in [1.807, 2.05) is 49.4 Å². The van der Waals surface area contributed by atoms with E-state index in [0.29, 0.717) is 5.56 Å². The smallest absolute Gasteiger partial charge is 0.255 e. The van der Waals surface area contributed by atoms with Crippen LogP contribution in [0.5, 0.6) is 0 Å². The molecule has 0 aliphatic rings. The fourth-order valence-electron chi connectivity index (χ4n) is 2.97. The molecular weight excluding hydrogens is 334 g/mol. The summed E-state index contributed by atoms with van der Waals surface area (Å²) in [6.45, 7) is 8.40. The number of hydrogen-bond acceptors (Lipinski definition) is 2. The van der Waals surface area contributed by atoms with Crippen LogP contribution < -0.4 is 5.32 Å². The number of carbonyl (C=O) groups is 1. The van der Waals surface area contributed by atoms with E-state index in [2.05, 4.69) is 42.9 Å². The molecule has 0 spiro atoms. The third-order valence-corrected chi connectivity index (χ3v) is 4.29. The van der Waals surface area contributed by atoms with Gasteiger partial charge in [0.1, 0.15) is 0 Å². The van der Waals surface area contributed by atoms with Crippen LogP contribution in [0.1, 0.15) is 42.4 Å². The zero-order valence-corrected chi connectivity index (χ0v) is 16.2. The Labute approximate surface area is 160 Å². The second kappa shape index (κ2) is 7.62. The molecule has 0 unspecified atom stereocenters. The highest BCUT2D eigenvalue weighted by Gasteiger charge is 2.23. The predicted octanol–water partition coefficient (Wildman–Crippen LogP) is 5.01. The molecule has 0 atom stereocenters.